The maximum absolute atomic E-state index is 12.8. The molecule has 0 aromatic heterocycles. The largest absolute Gasteiger partial charge is 0.328 e. The van der Waals surface area contributed by atoms with Crippen molar-refractivity contribution in [2.45, 2.75) is 64.3 Å². The monoisotopic (exact) mass is 358 g/mol. The number of amides is 3. The van der Waals surface area contributed by atoms with Gasteiger partial charge < -0.3 is 16.0 Å². The van der Waals surface area contributed by atoms with Gasteiger partial charge in [-0.3, -0.25) is 19.7 Å². The standard InChI is InChI=1S/C19H26N4O3/c1-11(20)8-12(2)21-9-13-4-3-5-14-15(13)10-23(19(14)26)16-6-7-17(24)22-18(16)25/h3-5,11-12,16,21H,6-10,20H2,1-2H3,(H,22,24,25)/t11-,12-,16?/m1/s1. The first-order chi connectivity index (χ1) is 12.4. The summed E-state index contributed by atoms with van der Waals surface area (Å²) >= 11 is 0. The lowest BCUT2D eigenvalue weighted by atomic mass is 10.0. The molecule has 7 heteroatoms. The van der Waals surface area contributed by atoms with E-state index in [9.17, 15) is 14.4 Å². The van der Waals surface area contributed by atoms with E-state index in [4.69, 9.17) is 5.73 Å². The summed E-state index contributed by atoms with van der Waals surface area (Å²) in [4.78, 5) is 37.9. The third-order valence-electron chi connectivity index (χ3n) is 5.05. The van der Waals surface area contributed by atoms with Crippen molar-refractivity contribution in [2.75, 3.05) is 0 Å². The molecule has 140 valence electrons. The molecule has 3 atom stereocenters. The number of carbonyl (C=O) groups is 3. The van der Waals surface area contributed by atoms with Gasteiger partial charge in [-0.2, -0.15) is 0 Å². The number of imide groups is 1. The van der Waals surface area contributed by atoms with Crippen LogP contribution < -0.4 is 16.4 Å². The number of nitrogens with one attached hydrogen (secondary N) is 2. The zero-order valence-corrected chi connectivity index (χ0v) is 15.2. The van der Waals surface area contributed by atoms with Crippen molar-refractivity contribution in [3.05, 3.63) is 34.9 Å². The van der Waals surface area contributed by atoms with Crippen LogP contribution in [0.15, 0.2) is 18.2 Å². The number of carbonyl (C=O) groups excluding carboxylic acids is 3. The second-order valence-electron chi connectivity index (χ2n) is 7.34. The second-order valence-corrected chi connectivity index (χ2v) is 7.34. The Hall–Kier alpha value is -2.25. The van der Waals surface area contributed by atoms with Gasteiger partial charge in [-0.1, -0.05) is 12.1 Å². The molecule has 0 spiro atoms. The van der Waals surface area contributed by atoms with Crippen molar-refractivity contribution < 1.29 is 14.4 Å². The molecular formula is C19H26N4O3. The van der Waals surface area contributed by atoms with Crippen LogP contribution >= 0.6 is 0 Å². The summed E-state index contributed by atoms with van der Waals surface area (Å²) in [7, 11) is 0. The van der Waals surface area contributed by atoms with Crippen LogP contribution in [0, 0.1) is 0 Å². The first-order valence-corrected chi connectivity index (χ1v) is 9.11. The molecule has 0 bridgehead atoms. The van der Waals surface area contributed by atoms with Crippen molar-refractivity contribution in [2.24, 2.45) is 5.73 Å². The molecule has 4 N–H and O–H groups in total. The highest BCUT2D eigenvalue weighted by Crippen LogP contribution is 2.29. The molecule has 3 amide bonds. The van der Waals surface area contributed by atoms with E-state index in [0.29, 0.717) is 25.1 Å². The fraction of sp³-hybridized carbons (Fsp3) is 0.526. The molecule has 2 heterocycles. The zero-order chi connectivity index (χ0) is 18.8. The Kier molecular flexibility index (Phi) is 5.38. The predicted octanol–water partition coefficient (Wildman–Crippen LogP) is 0.663. The maximum atomic E-state index is 12.8. The van der Waals surface area contributed by atoms with E-state index in [1.54, 1.807) is 11.0 Å². The molecule has 1 aromatic carbocycles. The fourth-order valence-corrected chi connectivity index (χ4v) is 3.74. The number of rotatable bonds is 6. The SMILES string of the molecule is C[C@H](C[C@@H](C)N)NCc1cccc2c1CN(C1CCC(=O)NC1=O)C2=O. The van der Waals surface area contributed by atoms with Crippen LogP contribution in [0.3, 0.4) is 0 Å². The second kappa shape index (κ2) is 7.55. The molecule has 7 nitrogen and oxygen atoms in total. The van der Waals surface area contributed by atoms with E-state index in [0.717, 1.165) is 17.5 Å². The van der Waals surface area contributed by atoms with E-state index in [-0.39, 0.29) is 36.2 Å². The Bertz CT molecular complexity index is 731. The molecule has 0 saturated carbocycles. The third-order valence-corrected chi connectivity index (χ3v) is 5.05. The summed E-state index contributed by atoms with van der Waals surface area (Å²) in [5.41, 5.74) is 8.51. The lowest BCUT2D eigenvalue weighted by Gasteiger charge is -2.29. The first-order valence-electron chi connectivity index (χ1n) is 9.11. The molecule has 1 aromatic rings. The molecule has 1 unspecified atom stereocenters. The smallest absolute Gasteiger partial charge is 0.255 e. The van der Waals surface area contributed by atoms with Gasteiger partial charge in [0.25, 0.3) is 5.91 Å². The number of nitrogens with zero attached hydrogens (tertiary/aromatic N) is 1. The number of benzene rings is 1. The minimum atomic E-state index is -0.578. The Labute approximate surface area is 153 Å². The van der Waals surface area contributed by atoms with E-state index in [1.807, 2.05) is 19.1 Å². The summed E-state index contributed by atoms with van der Waals surface area (Å²) in [6.07, 6.45) is 1.51. The van der Waals surface area contributed by atoms with Gasteiger partial charge in [0, 0.05) is 37.2 Å². The first kappa shape index (κ1) is 18.5. The molecule has 3 rings (SSSR count). The normalized spacial score (nSPS) is 22.2. The highest BCUT2D eigenvalue weighted by molar-refractivity contribution is 6.05. The van der Waals surface area contributed by atoms with E-state index in [1.165, 1.54) is 0 Å². The quantitative estimate of drug-likeness (QED) is 0.648. The van der Waals surface area contributed by atoms with Crippen LogP contribution in [0.1, 0.15) is 54.6 Å². The lowest BCUT2D eigenvalue weighted by Crippen LogP contribution is -2.52. The number of hydrogen-bond donors (Lipinski definition) is 3. The lowest BCUT2D eigenvalue weighted by molar-refractivity contribution is -0.136. The van der Waals surface area contributed by atoms with Gasteiger partial charge in [0.1, 0.15) is 6.04 Å². The van der Waals surface area contributed by atoms with Crippen molar-refractivity contribution in [3.63, 3.8) is 0 Å². The van der Waals surface area contributed by atoms with Gasteiger partial charge in [-0.15, -0.1) is 0 Å². The number of fused-ring (bicyclic) bond motifs is 1. The van der Waals surface area contributed by atoms with E-state index >= 15 is 0 Å². The number of nitrogens with two attached hydrogens (primary N) is 1. The molecule has 1 saturated heterocycles. The number of hydrogen-bond acceptors (Lipinski definition) is 5. The van der Waals surface area contributed by atoms with Crippen LogP contribution in [0.2, 0.25) is 0 Å². The molecule has 2 aliphatic heterocycles. The Morgan fingerprint density at radius 1 is 1.31 bits per heavy atom. The maximum Gasteiger partial charge on any atom is 0.255 e. The van der Waals surface area contributed by atoms with Gasteiger partial charge >= 0.3 is 0 Å². The van der Waals surface area contributed by atoms with E-state index in [2.05, 4.69) is 17.6 Å². The summed E-state index contributed by atoms with van der Waals surface area (Å²) in [5, 5.41) is 5.78. The molecule has 0 radical (unpaired) electrons. The zero-order valence-electron chi connectivity index (χ0n) is 15.2. The topological polar surface area (TPSA) is 105 Å². The van der Waals surface area contributed by atoms with Gasteiger partial charge in [0.05, 0.1) is 0 Å². The van der Waals surface area contributed by atoms with Gasteiger partial charge in [-0.05, 0) is 43.9 Å². The summed E-state index contributed by atoms with van der Waals surface area (Å²) in [5.74, 6) is -0.795. The van der Waals surface area contributed by atoms with Crippen molar-refractivity contribution in [3.8, 4) is 0 Å². The van der Waals surface area contributed by atoms with Crippen LogP contribution in [0.25, 0.3) is 0 Å². The van der Waals surface area contributed by atoms with Gasteiger partial charge in [-0.25, -0.2) is 0 Å². The van der Waals surface area contributed by atoms with Crippen LogP contribution in [-0.4, -0.2) is 40.7 Å². The van der Waals surface area contributed by atoms with Crippen LogP contribution in [0.5, 0.6) is 0 Å². The minimum absolute atomic E-state index is 0.128. The predicted molar refractivity (Wildman–Crippen MR) is 97.1 cm³/mol. The molecular weight excluding hydrogens is 332 g/mol. The van der Waals surface area contributed by atoms with Crippen LogP contribution in [0.4, 0.5) is 0 Å². The van der Waals surface area contributed by atoms with Gasteiger partial charge in [0.15, 0.2) is 0 Å². The average Bonchev–Trinajstić information content (AvgIpc) is 2.90. The van der Waals surface area contributed by atoms with E-state index < -0.39 is 6.04 Å². The Morgan fingerprint density at radius 3 is 2.77 bits per heavy atom. The number of piperidine rings is 1. The Balaban J connectivity index is 1.73. The summed E-state index contributed by atoms with van der Waals surface area (Å²) in [6, 6.07) is 5.50. The molecule has 26 heavy (non-hydrogen) atoms. The van der Waals surface area contributed by atoms with Gasteiger partial charge in [0.2, 0.25) is 11.8 Å². The summed E-state index contributed by atoms with van der Waals surface area (Å²) in [6.45, 7) is 5.12. The highest BCUT2D eigenvalue weighted by atomic mass is 16.2. The average molecular weight is 358 g/mol. The van der Waals surface area contributed by atoms with Crippen molar-refractivity contribution in [1.82, 2.24) is 15.5 Å². The van der Waals surface area contributed by atoms with Crippen molar-refractivity contribution in [1.29, 1.82) is 0 Å². The third kappa shape index (κ3) is 3.78. The van der Waals surface area contributed by atoms with Crippen molar-refractivity contribution >= 4 is 17.7 Å². The summed E-state index contributed by atoms with van der Waals surface area (Å²) < 4.78 is 0. The molecule has 0 aliphatic carbocycles. The molecule has 1 fully saturated rings. The fourth-order valence-electron chi connectivity index (χ4n) is 3.74. The Morgan fingerprint density at radius 2 is 2.08 bits per heavy atom. The highest BCUT2D eigenvalue weighted by Gasteiger charge is 2.39. The molecule has 2 aliphatic rings. The minimum Gasteiger partial charge on any atom is -0.328 e. The van der Waals surface area contributed by atoms with Crippen LogP contribution in [-0.2, 0) is 22.7 Å².